The van der Waals surface area contributed by atoms with Crippen molar-refractivity contribution in [3.05, 3.63) is 53.6 Å². The molecule has 2 aromatic rings. The maximum absolute atomic E-state index is 14.3. The van der Waals surface area contributed by atoms with E-state index in [0.29, 0.717) is 18.5 Å². The number of rotatable bonds is 3. The van der Waals surface area contributed by atoms with Gasteiger partial charge in [-0.05, 0) is 42.7 Å². The van der Waals surface area contributed by atoms with E-state index in [1.54, 1.807) is 31.6 Å². The molecule has 0 fully saturated rings. The number of hydrogen-bond donors (Lipinski definition) is 2. The number of aryl methyl sites for hydroxylation is 1. The van der Waals surface area contributed by atoms with Crippen LogP contribution < -0.4 is 10.6 Å². The van der Waals surface area contributed by atoms with Gasteiger partial charge in [-0.25, -0.2) is 9.18 Å². The quantitative estimate of drug-likeness (QED) is 0.898. The van der Waals surface area contributed by atoms with Gasteiger partial charge in [-0.3, -0.25) is 9.78 Å². The smallest absolute Gasteiger partial charge is 0.322 e. The molecule has 1 aromatic heterocycles. The Labute approximate surface area is 145 Å². The Kier molecular flexibility index (Phi) is 4.65. The molecular weight excluding hydrogens is 323 g/mol. The Balaban J connectivity index is 1.75. The second-order valence-corrected chi connectivity index (χ2v) is 6.04. The molecule has 25 heavy (non-hydrogen) atoms. The van der Waals surface area contributed by atoms with E-state index in [9.17, 15) is 14.0 Å². The van der Waals surface area contributed by atoms with Crippen molar-refractivity contribution in [2.45, 2.75) is 25.8 Å². The number of halogens is 1. The van der Waals surface area contributed by atoms with Crippen LogP contribution in [0.4, 0.5) is 20.6 Å². The summed E-state index contributed by atoms with van der Waals surface area (Å²) in [7, 11) is 1.64. The van der Waals surface area contributed by atoms with Crippen LogP contribution in [0.3, 0.4) is 0 Å². The summed E-state index contributed by atoms with van der Waals surface area (Å²) in [6.45, 7) is 1.87. The monoisotopic (exact) mass is 342 g/mol. The first kappa shape index (κ1) is 16.9. The Morgan fingerprint density at radius 1 is 1.40 bits per heavy atom. The van der Waals surface area contributed by atoms with Gasteiger partial charge >= 0.3 is 6.03 Å². The molecule has 3 amide bonds. The molecule has 1 aliphatic rings. The molecule has 1 aromatic carbocycles. The number of urea groups is 1. The summed E-state index contributed by atoms with van der Waals surface area (Å²) >= 11 is 0. The summed E-state index contributed by atoms with van der Waals surface area (Å²) in [6, 6.07) is 5.86. The van der Waals surface area contributed by atoms with Gasteiger partial charge in [-0.1, -0.05) is 6.07 Å². The zero-order chi connectivity index (χ0) is 18.0. The predicted molar refractivity (Wildman–Crippen MR) is 92.8 cm³/mol. The molecule has 0 saturated heterocycles. The number of aromatic nitrogens is 1. The van der Waals surface area contributed by atoms with Crippen LogP contribution in [0.15, 0.2) is 36.7 Å². The Bertz CT molecular complexity index is 810. The van der Waals surface area contributed by atoms with Gasteiger partial charge in [0, 0.05) is 31.5 Å². The van der Waals surface area contributed by atoms with E-state index < -0.39 is 11.8 Å². The Morgan fingerprint density at radius 2 is 2.20 bits per heavy atom. The molecule has 7 heteroatoms. The lowest BCUT2D eigenvalue weighted by Crippen LogP contribution is -2.34. The van der Waals surface area contributed by atoms with Crippen molar-refractivity contribution < 1.29 is 14.0 Å². The van der Waals surface area contributed by atoms with E-state index in [2.05, 4.69) is 15.6 Å². The van der Waals surface area contributed by atoms with E-state index in [1.165, 1.54) is 11.0 Å². The molecule has 0 radical (unpaired) electrons. The zero-order valence-electron chi connectivity index (χ0n) is 14.0. The van der Waals surface area contributed by atoms with E-state index in [1.807, 2.05) is 13.0 Å². The van der Waals surface area contributed by atoms with Gasteiger partial charge in [0.25, 0.3) is 0 Å². The van der Waals surface area contributed by atoms with Crippen LogP contribution in [0.2, 0.25) is 0 Å². The molecule has 0 saturated carbocycles. The fourth-order valence-corrected chi connectivity index (χ4v) is 2.72. The van der Waals surface area contributed by atoms with Crippen LogP contribution in [0.5, 0.6) is 0 Å². The number of fused-ring (bicyclic) bond motifs is 1. The summed E-state index contributed by atoms with van der Waals surface area (Å²) in [4.78, 5) is 29.4. The molecule has 0 spiro atoms. The molecule has 0 unspecified atom stereocenters. The first-order valence-corrected chi connectivity index (χ1v) is 8.01. The Hall–Kier alpha value is -2.96. The third-order valence-corrected chi connectivity index (χ3v) is 4.40. The number of nitrogens with one attached hydrogen (secondary N) is 2. The summed E-state index contributed by atoms with van der Waals surface area (Å²) in [6.07, 6.45) is 4.23. The number of pyridine rings is 1. The Morgan fingerprint density at radius 3 is 2.92 bits per heavy atom. The van der Waals surface area contributed by atoms with E-state index in [0.717, 1.165) is 11.1 Å². The van der Waals surface area contributed by atoms with Crippen molar-refractivity contribution >= 4 is 23.3 Å². The topological polar surface area (TPSA) is 74.3 Å². The van der Waals surface area contributed by atoms with Crippen LogP contribution in [0, 0.1) is 5.82 Å². The lowest BCUT2D eigenvalue weighted by Gasteiger charge is -2.26. The zero-order valence-corrected chi connectivity index (χ0v) is 14.0. The maximum Gasteiger partial charge on any atom is 0.322 e. The van der Waals surface area contributed by atoms with Crippen LogP contribution in [0.25, 0.3) is 0 Å². The first-order chi connectivity index (χ1) is 12.0. The van der Waals surface area contributed by atoms with Crippen molar-refractivity contribution in [2.24, 2.45) is 0 Å². The second kappa shape index (κ2) is 6.88. The highest BCUT2D eigenvalue weighted by Gasteiger charge is 2.21. The highest BCUT2D eigenvalue weighted by atomic mass is 19.1. The van der Waals surface area contributed by atoms with Gasteiger partial charge in [0.05, 0.1) is 11.7 Å². The van der Waals surface area contributed by atoms with Crippen molar-refractivity contribution in [3.8, 4) is 0 Å². The van der Waals surface area contributed by atoms with Gasteiger partial charge in [0.1, 0.15) is 5.82 Å². The average Bonchev–Trinajstić information content (AvgIpc) is 2.62. The third kappa shape index (κ3) is 3.60. The second-order valence-electron chi connectivity index (χ2n) is 6.04. The minimum atomic E-state index is -0.586. The SMILES string of the molecule is C[C@H](c1cccnc1)N(C)C(=O)Nc1cc2c(cc1F)NC(=O)CC2. The van der Waals surface area contributed by atoms with Gasteiger partial charge in [0.2, 0.25) is 5.91 Å². The molecule has 0 bridgehead atoms. The highest BCUT2D eigenvalue weighted by Crippen LogP contribution is 2.29. The number of carbonyl (C=O) groups is 2. The maximum atomic E-state index is 14.3. The normalized spacial score (nSPS) is 14.3. The summed E-state index contributed by atoms with van der Waals surface area (Å²) in [5.41, 5.74) is 2.25. The molecular formula is C18H19FN4O2. The molecule has 3 rings (SSSR count). The summed E-state index contributed by atoms with van der Waals surface area (Å²) in [5.74, 6) is -0.717. The first-order valence-electron chi connectivity index (χ1n) is 8.01. The fraction of sp³-hybridized carbons (Fsp3) is 0.278. The van der Waals surface area contributed by atoms with Gasteiger partial charge < -0.3 is 15.5 Å². The van der Waals surface area contributed by atoms with Crippen LogP contribution in [-0.2, 0) is 11.2 Å². The van der Waals surface area contributed by atoms with Crippen LogP contribution in [-0.4, -0.2) is 28.9 Å². The predicted octanol–water partition coefficient (Wildman–Crippen LogP) is 3.33. The van der Waals surface area contributed by atoms with Crippen molar-refractivity contribution in [2.75, 3.05) is 17.7 Å². The molecule has 0 aliphatic carbocycles. The highest BCUT2D eigenvalue weighted by molar-refractivity contribution is 5.95. The lowest BCUT2D eigenvalue weighted by atomic mass is 10.0. The standard InChI is InChI=1S/C18H19FN4O2/c1-11(13-4-3-7-20-10-13)23(2)18(25)22-16-8-12-5-6-17(24)21-15(12)9-14(16)19/h3-4,7-11H,5-6H2,1-2H3,(H,21,24)(H,22,25)/t11-/m1/s1. The number of carbonyl (C=O) groups excluding carboxylic acids is 2. The number of amides is 3. The van der Waals surface area contributed by atoms with E-state index >= 15 is 0 Å². The van der Waals surface area contributed by atoms with Crippen molar-refractivity contribution in [3.63, 3.8) is 0 Å². The van der Waals surface area contributed by atoms with Crippen LogP contribution in [0.1, 0.15) is 30.5 Å². The van der Waals surface area contributed by atoms with Crippen LogP contribution >= 0.6 is 0 Å². The largest absolute Gasteiger partial charge is 0.326 e. The molecule has 6 nitrogen and oxygen atoms in total. The van der Waals surface area contributed by atoms with Gasteiger partial charge in [0.15, 0.2) is 0 Å². The number of benzene rings is 1. The molecule has 130 valence electrons. The van der Waals surface area contributed by atoms with Gasteiger partial charge in [-0.2, -0.15) is 0 Å². The average molecular weight is 342 g/mol. The summed E-state index contributed by atoms with van der Waals surface area (Å²) < 4.78 is 14.3. The molecule has 2 heterocycles. The van der Waals surface area contributed by atoms with Crippen molar-refractivity contribution in [1.29, 1.82) is 0 Å². The molecule has 1 atom stereocenters. The minimum Gasteiger partial charge on any atom is -0.326 e. The van der Waals surface area contributed by atoms with Crippen molar-refractivity contribution in [1.82, 2.24) is 9.88 Å². The number of hydrogen-bond acceptors (Lipinski definition) is 3. The molecule has 1 aliphatic heterocycles. The minimum absolute atomic E-state index is 0.102. The fourth-order valence-electron chi connectivity index (χ4n) is 2.72. The van der Waals surface area contributed by atoms with E-state index in [4.69, 9.17) is 0 Å². The summed E-state index contributed by atoms with van der Waals surface area (Å²) in [5, 5.41) is 5.24. The lowest BCUT2D eigenvalue weighted by molar-refractivity contribution is -0.116. The van der Waals surface area contributed by atoms with E-state index in [-0.39, 0.29) is 17.6 Å². The molecule has 2 N–H and O–H groups in total. The van der Waals surface area contributed by atoms with Gasteiger partial charge in [-0.15, -0.1) is 0 Å². The number of nitrogens with zero attached hydrogens (tertiary/aromatic N) is 2. The third-order valence-electron chi connectivity index (χ3n) is 4.40. The number of anilines is 2.